The van der Waals surface area contributed by atoms with Crippen LogP contribution < -0.4 is 5.32 Å². The second-order valence-corrected chi connectivity index (χ2v) is 8.20. The van der Waals surface area contributed by atoms with Crippen molar-refractivity contribution in [3.8, 4) is 0 Å². The summed E-state index contributed by atoms with van der Waals surface area (Å²) in [5, 5.41) is 2.91. The molecule has 7 heteroatoms. The molecule has 1 aromatic heterocycles. The predicted octanol–water partition coefficient (Wildman–Crippen LogP) is 2.30. The van der Waals surface area contributed by atoms with Crippen LogP contribution in [0.5, 0.6) is 0 Å². The van der Waals surface area contributed by atoms with Gasteiger partial charge < -0.3 is 15.1 Å². The summed E-state index contributed by atoms with van der Waals surface area (Å²) in [5.74, 6) is -0.384. The smallest absolute Gasteiger partial charge is 0.254 e. The second-order valence-electron chi connectivity index (χ2n) is 8.20. The first kappa shape index (κ1) is 21.0. The van der Waals surface area contributed by atoms with Gasteiger partial charge in [0.2, 0.25) is 11.8 Å². The summed E-state index contributed by atoms with van der Waals surface area (Å²) >= 11 is 0. The van der Waals surface area contributed by atoms with Crippen molar-refractivity contribution in [2.45, 2.75) is 51.2 Å². The van der Waals surface area contributed by atoms with Gasteiger partial charge >= 0.3 is 0 Å². The maximum atomic E-state index is 13.4. The fraction of sp³-hybridized carbons (Fsp3) is 0.417. The van der Waals surface area contributed by atoms with Crippen molar-refractivity contribution in [3.63, 3.8) is 0 Å². The number of hydrogen-bond acceptors (Lipinski definition) is 4. The van der Waals surface area contributed by atoms with Crippen LogP contribution in [0.15, 0.2) is 48.7 Å². The van der Waals surface area contributed by atoms with Gasteiger partial charge in [-0.2, -0.15) is 0 Å². The number of carbonyl (C=O) groups excluding carboxylic acids is 3. The number of amides is 3. The number of carbonyl (C=O) groups is 3. The van der Waals surface area contributed by atoms with E-state index in [0.29, 0.717) is 38.0 Å². The standard InChI is InChI=1S/C24H28N4O3/c1-17-8-2-3-10-19(17)23(30)28-15-7-12-21(28)24(31)27-14-6-11-20(27)22(29)26-16-18-9-4-5-13-25-18/h2-5,8-10,13,20-21H,6-7,11-12,14-16H2,1H3,(H,26,29)/t20-,21-/m0/s1. The minimum atomic E-state index is -0.503. The Balaban J connectivity index is 1.44. The van der Waals surface area contributed by atoms with Crippen molar-refractivity contribution < 1.29 is 14.4 Å². The molecule has 162 valence electrons. The minimum Gasteiger partial charge on any atom is -0.349 e. The second kappa shape index (κ2) is 9.29. The van der Waals surface area contributed by atoms with E-state index < -0.39 is 12.1 Å². The van der Waals surface area contributed by atoms with Crippen LogP contribution in [0.1, 0.15) is 47.3 Å². The lowest BCUT2D eigenvalue weighted by molar-refractivity contribution is -0.141. The van der Waals surface area contributed by atoms with E-state index in [9.17, 15) is 14.4 Å². The van der Waals surface area contributed by atoms with Gasteiger partial charge in [0.1, 0.15) is 12.1 Å². The van der Waals surface area contributed by atoms with E-state index in [-0.39, 0.29) is 17.7 Å². The average Bonchev–Trinajstić information content (AvgIpc) is 3.47. The van der Waals surface area contributed by atoms with Gasteiger partial charge in [-0.1, -0.05) is 24.3 Å². The van der Waals surface area contributed by atoms with Crippen LogP contribution >= 0.6 is 0 Å². The van der Waals surface area contributed by atoms with E-state index in [0.717, 1.165) is 24.1 Å². The summed E-state index contributed by atoms with van der Waals surface area (Å²) in [6.07, 6.45) is 4.53. The van der Waals surface area contributed by atoms with E-state index in [1.54, 1.807) is 22.1 Å². The number of pyridine rings is 1. The molecule has 31 heavy (non-hydrogen) atoms. The molecule has 2 aliphatic heterocycles. The van der Waals surface area contributed by atoms with Gasteiger partial charge in [-0.05, 0) is 56.4 Å². The average molecular weight is 421 g/mol. The van der Waals surface area contributed by atoms with Crippen molar-refractivity contribution >= 4 is 17.7 Å². The molecular weight excluding hydrogens is 392 g/mol. The van der Waals surface area contributed by atoms with Crippen LogP contribution in [0.2, 0.25) is 0 Å². The number of aromatic nitrogens is 1. The Morgan fingerprint density at radius 3 is 2.42 bits per heavy atom. The van der Waals surface area contributed by atoms with Crippen LogP contribution in [-0.4, -0.2) is 57.7 Å². The van der Waals surface area contributed by atoms with Crippen LogP contribution in [0, 0.1) is 6.92 Å². The van der Waals surface area contributed by atoms with Gasteiger partial charge in [0.05, 0.1) is 12.2 Å². The molecule has 0 unspecified atom stereocenters. The number of aryl methyl sites for hydroxylation is 1. The predicted molar refractivity (Wildman–Crippen MR) is 116 cm³/mol. The maximum Gasteiger partial charge on any atom is 0.254 e. The van der Waals surface area contributed by atoms with Crippen molar-refractivity contribution in [1.82, 2.24) is 20.1 Å². The molecule has 0 spiro atoms. The zero-order chi connectivity index (χ0) is 21.8. The zero-order valence-corrected chi connectivity index (χ0v) is 17.8. The number of hydrogen-bond donors (Lipinski definition) is 1. The number of nitrogens with zero attached hydrogens (tertiary/aromatic N) is 3. The van der Waals surface area contributed by atoms with E-state index in [1.165, 1.54) is 0 Å². The molecule has 3 amide bonds. The molecule has 0 bridgehead atoms. The molecule has 4 rings (SSSR count). The topological polar surface area (TPSA) is 82.6 Å². The first-order valence-electron chi connectivity index (χ1n) is 10.9. The molecule has 0 radical (unpaired) electrons. The highest BCUT2D eigenvalue weighted by molar-refractivity contribution is 5.99. The fourth-order valence-corrected chi connectivity index (χ4v) is 4.53. The third-order valence-corrected chi connectivity index (χ3v) is 6.18. The van der Waals surface area contributed by atoms with Gasteiger partial charge in [0.25, 0.3) is 5.91 Å². The molecule has 2 aliphatic rings. The maximum absolute atomic E-state index is 13.4. The lowest BCUT2D eigenvalue weighted by Gasteiger charge is -2.31. The Bertz CT molecular complexity index is 962. The summed E-state index contributed by atoms with van der Waals surface area (Å²) in [6, 6.07) is 12.0. The quantitative estimate of drug-likeness (QED) is 0.805. The Morgan fingerprint density at radius 1 is 0.968 bits per heavy atom. The van der Waals surface area contributed by atoms with Crippen molar-refractivity contribution in [1.29, 1.82) is 0 Å². The van der Waals surface area contributed by atoms with Gasteiger partial charge in [0, 0.05) is 24.8 Å². The number of benzene rings is 1. The van der Waals surface area contributed by atoms with E-state index in [1.807, 2.05) is 43.3 Å². The monoisotopic (exact) mass is 420 g/mol. The van der Waals surface area contributed by atoms with Gasteiger partial charge in [-0.15, -0.1) is 0 Å². The zero-order valence-electron chi connectivity index (χ0n) is 17.8. The summed E-state index contributed by atoms with van der Waals surface area (Å²) in [6.45, 7) is 3.35. The summed E-state index contributed by atoms with van der Waals surface area (Å²) in [5.41, 5.74) is 2.31. The highest BCUT2D eigenvalue weighted by atomic mass is 16.2. The molecular formula is C24H28N4O3. The number of likely N-dealkylation sites (tertiary alicyclic amines) is 2. The van der Waals surface area contributed by atoms with Gasteiger partial charge in [-0.25, -0.2) is 0 Å². The molecule has 2 fully saturated rings. The fourth-order valence-electron chi connectivity index (χ4n) is 4.53. The van der Waals surface area contributed by atoms with E-state index in [4.69, 9.17) is 0 Å². The van der Waals surface area contributed by atoms with E-state index >= 15 is 0 Å². The Hall–Kier alpha value is -3.22. The van der Waals surface area contributed by atoms with Crippen LogP contribution in [-0.2, 0) is 16.1 Å². The Labute approximate surface area is 182 Å². The van der Waals surface area contributed by atoms with E-state index in [2.05, 4.69) is 10.3 Å². The number of nitrogens with one attached hydrogen (secondary N) is 1. The lowest BCUT2D eigenvalue weighted by Crippen LogP contribution is -2.52. The lowest BCUT2D eigenvalue weighted by atomic mass is 10.1. The number of rotatable bonds is 5. The van der Waals surface area contributed by atoms with Crippen LogP contribution in [0.3, 0.4) is 0 Å². The largest absolute Gasteiger partial charge is 0.349 e. The molecule has 2 atom stereocenters. The van der Waals surface area contributed by atoms with Crippen molar-refractivity contribution in [2.24, 2.45) is 0 Å². The third kappa shape index (κ3) is 4.45. The first-order valence-corrected chi connectivity index (χ1v) is 10.9. The molecule has 2 saturated heterocycles. The first-order chi connectivity index (χ1) is 15.1. The SMILES string of the molecule is Cc1ccccc1C(=O)N1CCC[C@H]1C(=O)N1CCC[C@H]1C(=O)NCc1ccccn1. The van der Waals surface area contributed by atoms with Gasteiger partial charge in [0.15, 0.2) is 0 Å². The van der Waals surface area contributed by atoms with Crippen molar-refractivity contribution in [3.05, 3.63) is 65.5 Å². The molecule has 3 heterocycles. The Kier molecular flexibility index (Phi) is 6.30. The highest BCUT2D eigenvalue weighted by Crippen LogP contribution is 2.27. The molecule has 1 N–H and O–H groups in total. The minimum absolute atomic E-state index is 0.107. The summed E-state index contributed by atoms with van der Waals surface area (Å²) in [7, 11) is 0. The summed E-state index contributed by atoms with van der Waals surface area (Å²) < 4.78 is 0. The Morgan fingerprint density at radius 2 is 1.68 bits per heavy atom. The molecule has 2 aromatic rings. The molecule has 0 aliphatic carbocycles. The molecule has 1 aromatic carbocycles. The molecule has 7 nitrogen and oxygen atoms in total. The summed E-state index contributed by atoms with van der Waals surface area (Å²) in [4.78, 5) is 46.9. The van der Waals surface area contributed by atoms with Gasteiger partial charge in [-0.3, -0.25) is 19.4 Å². The third-order valence-electron chi connectivity index (χ3n) is 6.18. The van der Waals surface area contributed by atoms with Crippen molar-refractivity contribution in [2.75, 3.05) is 13.1 Å². The highest BCUT2D eigenvalue weighted by Gasteiger charge is 2.42. The van der Waals surface area contributed by atoms with Crippen LogP contribution in [0.25, 0.3) is 0 Å². The normalized spacial score (nSPS) is 20.7. The molecule has 0 saturated carbocycles. The van der Waals surface area contributed by atoms with Crippen LogP contribution in [0.4, 0.5) is 0 Å².